The van der Waals surface area contributed by atoms with E-state index in [9.17, 15) is 0 Å². The Balaban J connectivity index is 0.0000000893. The summed E-state index contributed by atoms with van der Waals surface area (Å²) in [7, 11) is 0. The van der Waals surface area contributed by atoms with E-state index in [1.165, 1.54) is 163 Å². The van der Waals surface area contributed by atoms with Gasteiger partial charge in [0.2, 0.25) is 0 Å². The number of fused-ring (bicyclic) bond motifs is 26. The van der Waals surface area contributed by atoms with Gasteiger partial charge in [0.15, 0.2) is 0 Å². The fourth-order valence-corrected chi connectivity index (χ4v) is 25.0. The van der Waals surface area contributed by atoms with Crippen LogP contribution in [0.15, 0.2) is 485 Å². The second-order valence-corrected chi connectivity index (χ2v) is 39.4. The summed E-state index contributed by atoms with van der Waals surface area (Å²) in [6.45, 7) is 0.261. The fourth-order valence-electron chi connectivity index (χ4n) is 25.0. The summed E-state index contributed by atoms with van der Waals surface area (Å²) in [5, 5.41) is 22.7. The molecule has 0 saturated heterocycles. The van der Waals surface area contributed by atoms with Crippen LogP contribution in [0.5, 0.6) is 92.0 Å². The summed E-state index contributed by atoms with van der Waals surface area (Å²) in [5.41, 5.74) is 25.2. The molecule has 0 saturated carbocycles. The number of ether oxygens (including phenoxy) is 8. The van der Waals surface area contributed by atoms with E-state index in [1.54, 1.807) is 0 Å². The van der Waals surface area contributed by atoms with Gasteiger partial charge in [-0.2, -0.15) is 0 Å². The summed E-state index contributed by atoms with van der Waals surface area (Å²) in [4.78, 5) is 0. The van der Waals surface area contributed by atoms with Gasteiger partial charge in [0.25, 0.3) is 26.9 Å². The van der Waals surface area contributed by atoms with E-state index >= 15 is 0 Å². The predicted octanol–water partition coefficient (Wildman–Crippen LogP) is 27.8. The molecular formula is C136H80B4O8. The van der Waals surface area contributed by atoms with Crippen molar-refractivity contribution < 1.29 is 37.9 Å². The maximum absolute atomic E-state index is 6.75. The predicted molar refractivity (Wildman–Crippen MR) is 612 cm³/mol. The average molecular weight is 1890 g/mol. The van der Waals surface area contributed by atoms with Crippen LogP contribution in [-0.4, -0.2) is 26.9 Å². The standard InChI is InChI=1S/C36H21BO2.C34H19BO2.C34H21BO2.C32H19BO2/c1-2-11-26-24(9-1)25-10-3-4-12-27(25)29-21-22(17-18-28(26)29)23-19-20-34-35-36(23)39-33-16-8-6-14-31(33)37(35)30-13-5-7-15-32(30)38-34;1-3-10-28-26(8-1)35-27-9-2-4-11-29(27)37-34-25(18-19-30(36-28)33(34)35)23-16-14-22-13-12-20-6-5-7-21-15-17-24(23)32(22)31(20)21;1-2-10-22(11-3-1)26-20-23-12-4-5-13-24(23)21-27(26)25-18-19-32-33-34(25)37-31-17-9-7-15-29(31)35(33)28-14-6-8-16-30(28)36-32;1-2-10-21-20(9-1)19-25(23-12-4-3-11-22(21)23)24-17-18-30-31-32(24)35-29-16-8-6-14-27(29)33(31)26-13-5-7-15-28(26)34-30/h1-21H;1-19H;1-21H;1-19H. The molecule has 0 N–H and O–H groups in total. The molecule has 0 aliphatic carbocycles. The molecule has 8 aliphatic heterocycles. The van der Waals surface area contributed by atoms with Crippen LogP contribution >= 0.6 is 0 Å². The molecule has 12 heteroatoms. The monoisotopic (exact) mass is 1880 g/mol. The van der Waals surface area contributed by atoms with Crippen LogP contribution in [0.1, 0.15) is 0 Å². The van der Waals surface area contributed by atoms with Gasteiger partial charge in [-0.3, -0.25) is 0 Å². The molecule has 0 spiro atoms. The Bertz CT molecular complexity index is 10100. The molecule has 0 atom stereocenters. The topological polar surface area (TPSA) is 73.8 Å². The smallest absolute Gasteiger partial charge is 0.260 e. The third-order valence-corrected chi connectivity index (χ3v) is 31.5. The molecule has 148 heavy (non-hydrogen) atoms. The van der Waals surface area contributed by atoms with Gasteiger partial charge in [-0.25, -0.2) is 0 Å². The van der Waals surface area contributed by atoms with Gasteiger partial charge in [-0.05, 0) is 295 Å². The quantitative estimate of drug-likeness (QED) is 0.125. The highest BCUT2D eigenvalue weighted by molar-refractivity contribution is 7.00. The Kier molecular flexibility index (Phi) is 18.8. The normalized spacial score (nSPS) is 13.0. The minimum absolute atomic E-state index is 0.0560. The molecule has 8 aliphatic rings. The van der Waals surface area contributed by atoms with Crippen molar-refractivity contribution in [3.63, 3.8) is 0 Å². The average Bonchev–Trinajstić information content (AvgIpc) is 0.729. The molecule has 8 heterocycles. The molecule has 34 rings (SSSR count). The first kappa shape index (κ1) is 83.6. The van der Waals surface area contributed by atoms with Crippen molar-refractivity contribution >= 4 is 189 Å². The summed E-state index contributed by atoms with van der Waals surface area (Å²) in [6.07, 6.45) is 0. The van der Waals surface area contributed by atoms with Crippen molar-refractivity contribution in [2.75, 3.05) is 0 Å². The molecular weight excluding hydrogens is 1800 g/mol. The van der Waals surface area contributed by atoms with Crippen LogP contribution in [0, 0.1) is 0 Å². The SMILES string of the molecule is c1ccc(-c2cc3ccccc3cc2-c2ccc3c4c2Oc2ccccc2B4c2ccccc2O3)cc1.c1ccc2c(c1)Oc1ccc(-c3cc4ccccc4c4ccccc34)c3c1B2c1ccccc1O3.c1ccc2c(c1)Oc1ccc(-c3ccc4c5ccccc5c5ccccc5c4c3)c3c1B2c1ccccc1O3.c1ccc2c(c1)Oc1ccc(-c3ccc4ccc5cccc6ccc3c4c56)c3c1B2c1ccccc1O3. The molecule has 684 valence electrons. The first-order chi connectivity index (χ1) is 73.4. The zero-order valence-corrected chi connectivity index (χ0v) is 79.8. The first-order valence-electron chi connectivity index (χ1n) is 50.7. The maximum atomic E-state index is 6.75. The van der Waals surface area contributed by atoms with Crippen LogP contribution in [0.25, 0.3) is 153 Å². The van der Waals surface area contributed by atoms with Gasteiger partial charge in [-0.1, -0.05) is 364 Å². The van der Waals surface area contributed by atoms with Crippen LogP contribution in [0.2, 0.25) is 0 Å². The summed E-state index contributed by atoms with van der Waals surface area (Å²) in [6, 6.07) is 172. The lowest BCUT2D eigenvalue weighted by Gasteiger charge is -2.34. The van der Waals surface area contributed by atoms with Crippen molar-refractivity contribution in [1.82, 2.24) is 0 Å². The molecule has 26 aromatic carbocycles. The third-order valence-electron chi connectivity index (χ3n) is 31.5. The summed E-state index contributed by atoms with van der Waals surface area (Å²) < 4.78 is 52.6. The molecule has 8 nitrogen and oxygen atoms in total. The van der Waals surface area contributed by atoms with Gasteiger partial charge in [0.05, 0.1) is 0 Å². The van der Waals surface area contributed by atoms with Gasteiger partial charge < -0.3 is 37.9 Å². The van der Waals surface area contributed by atoms with E-state index in [1.807, 2.05) is 42.5 Å². The van der Waals surface area contributed by atoms with Gasteiger partial charge >= 0.3 is 0 Å². The van der Waals surface area contributed by atoms with Crippen LogP contribution in [0.4, 0.5) is 0 Å². The molecule has 0 fully saturated rings. The lowest BCUT2D eigenvalue weighted by molar-refractivity contribution is 0.465. The molecule has 0 unspecified atom stereocenters. The molecule has 26 aromatic rings. The lowest BCUT2D eigenvalue weighted by Crippen LogP contribution is -2.57. The highest BCUT2D eigenvalue weighted by atomic mass is 16.5. The number of rotatable bonds is 5. The number of para-hydroxylation sites is 8. The van der Waals surface area contributed by atoms with Crippen LogP contribution in [0.3, 0.4) is 0 Å². The van der Waals surface area contributed by atoms with Gasteiger partial charge in [-0.15, -0.1) is 0 Å². The number of hydrogen-bond acceptors (Lipinski definition) is 8. The minimum Gasteiger partial charge on any atom is -0.458 e. The van der Waals surface area contributed by atoms with E-state index in [4.69, 9.17) is 37.9 Å². The Morgan fingerprint density at radius 1 is 0.122 bits per heavy atom. The van der Waals surface area contributed by atoms with E-state index in [2.05, 4.69) is 443 Å². The van der Waals surface area contributed by atoms with Gasteiger partial charge in [0, 0.05) is 44.1 Å². The Morgan fingerprint density at radius 3 is 0.831 bits per heavy atom. The van der Waals surface area contributed by atoms with E-state index in [0.717, 1.165) is 147 Å². The summed E-state index contributed by atoms with van der Waals surface area (Å²) in [5.74, 6) is 14.3. The first-order valence-corrected chi connectivity index (χ1v) is 50.7. The van der Waals surface area contributed by atoms with Crippen molar-refractivity contribution in [2.45, 2.75) is 0 Å². The maximum Gasteiger partial charge on any atom is 0.260 e. The van der Waals surface area contributed by atoms with Crippen molar-refractivity contribution in [3.8, 4) is 148 Å². The molecule has 0 aromatic heterocycles. The van der Waals surface area contributed by atoms with Crippen LogP contribution in [-0.2, 0) is 0 Å². The second-order valence-electron chi connectivity index (χ2n) is 39.4. The Labute approximate surface area is 854 Å². The largest absolute Gasteiger partial charge is 0.458 e. The van der Waals surface area contributed by atoms with Crippen molar-refractivity contribution in [1.29, 1.82) is 0 Å². The molecule has 0 amide bonds. The lowest BCUT2D eigenvalue weighted by atomic mass is 9.34. The highest BCUT2D eigenvalue weighted by Crippen LogP contribution is 2.52. The second kappa shape index (κ2) is 33.3. The number of hydrogen-bond donors (Lipinski definition) is 0. The zero-order valence-electron chi connectivity index (χ0n) is 79.8. The van der Waals surface area contributed by atoms with Crippen LogP contribution < -0.4 is 103 Å². The summed E-state index contributed by atoms with van der Waals surface area (Å²) >= 11 is 0. The minimum atomic E-state index is 0.0560. The van der Waals surface area contributed by atoms with Gasteiger partial charge in [0.1, 0.15) is 92.0 Å². The fraction of sp³-hybridized carbons (Fsp3) is 0. The van der Waals surface area contributed by atoms with E-state index < -0.39 is 0 Å². The molecule has 0 radical (unpaired) electrons. The Morgan fingerprint density at radius 2 is 0.399 bits per heavy atom. The van der Waals surface area contributed by atoms with Crippen molar-refractivity contribution in [3.05, 3.63) is 485 Å². The third kappa shape index (κ3) is 13.0. The number of benzene rings is 26. The van der Waals surface area contributed by atoms with Crippen molar-refractivity contribution in [2.24, 2.45) is 0 Å². The molecule has 0 bridgehead atoms. The highest BCUT2D eigenvalue weighted by Gasteiger charge is 2.47. The van der Waals surface area contributed by atoms with E-state index in [-0.39, 0.29) is 26.9 Å². The zero-order chi connectivity index (χ0) is 96.9. The Hall–Kier alpha value is -19.0. The van der Waals surface area contributed by atoms with E-state index in [0.29, 0.717) is 0 Å².